The number of carbonyl (C=O) groups excluding carboxylic acids is 2. The zero-order valence-electron chi connectivity index (χ0n) is 15.4. The van der Waals surface area contributed by atoms with Gasteiger partial charge in [-0.1, -0.05) is 12.1 Å². The van der Waals surface area contributed by atoms with E-state index in [0.29, 0.717) is 6.07 Å². The van der Waals surface area contributed by atoms with Gasteiger partial charge in [-0.2, -0.15) is 13.2 Å². The lowest BCUT2D eigenvalue weighted by atomic mass is 10.1. The quantitative estimate of drug-likeness (QED) is 0.414. The first kappa shape index (κ1) is 22.6. The molecule has 0 aromatic heterocycles. The molecule has 12 heteroatoms. The molecule has 0 aliphatic heterocycles. The van der Waals surface area contributed by atoms with E-state index in [1.807, 2.05) is 0 Å². The van der Waals surface area contributed by atoms with E-state index in [0.717, 1.165) is 29.2 Å². The number of hydrogen-bond acceptors (Lipinski definition) is 5. The van der Waals surface area contributed by atoms with Gasteiger partial charge >= 0.3 is 6.18 Å². The number of nitrogens with one attached hydrogen (secondary N) is 1. The Morgan fingerprint density at radius 2 is 1.87 bits per heavy atom. The lowest BCUT2D eigenvalue weighted by Crippen LogP contribution is -2.37. The zero-order chi connectivity index (χ0) is 22.5. The number of nitro groups is 1. The normalized spacial score (nSPS) is 11.0. The third-order valence-corrected chi connectivity index (χ3v) is 3.79. The van der Waals surface area contributed by atoms with Gasteiger partial charge in [-0.15, -0.1) is 0 Å². The summed E-state index contributed by atoms with van der Waals surface area (Å²) >= 11 is 0. The molecule has 0 aliphatic rings. The molecule has 2 aromatic rings. The first-order chi connectivity index (χ1) is 14.0. The summed E-state index contributed by atoms with van der Waals surface area (Å²) in [7, 11) is 1.20. The molecule has 2 amide bonds. The van der Waals surface area contributed by atoms with Gasteiger partial charge < -0.3 is 15.0 Å². The molecule has 0 spiro atoms. The number of anilines is 1. The largest absolute Gasteiger partial charge is 0.481 e. The molecule has 2 rings (SSSR count). The number of rotatable bonds is 7. The van der Waals surface area contributed by atoms with Crippen LogP contribution in [0.3, 0.4) is 0 Å². The van der Waals surface area contributed by atoms with Gasteiger partial charge in [0.2, 0.25) is 5.91 Å². The molecule has 0 saturated heterocycles. The van der Waals surface area contributed by atoms with Crippen molar-refractivity contribution in [1.29, 1.82) is 0 Å². The molecule has 2 aromatic carbocycles. The van der Waals surface area contributed by atoms with E-state index in [1.54, 1.807) is 0 Å². The number of amides is 2. The van der Waals surface area contributed by atoms with Crippen LogP contribution in [0.4, 0.5) is 28.9 Å². The molecule has 0 saturated carbocycles. The van der Waals surface area contributed by atoms with E-state index in [2.05, 4.69) is 5.32 Å². The Morgan fingerprint density at radius 1 is 1.20 bits per heavy atom. The molecule has 1 N–H and O–H groups in total. The Labute approximate surface area is 167 Å². The maximum atomic E-state index is 13.7. The van der Waals surface area contributed by atoms with Gasteiger partial charge in [-0.05, 0) is 18.2 Å². The van der Waals surface area contributed by atoms with Crippen molar-refractivity contribution in [3.05, 3.63) is 64.0 Å². The Bertz CT molecular complexity index is 965. The van der Waals surface area contributed by atoms with Crippen molar-refractivity contribution in [3.8, 4) is 5.75 Å². The van der Waals surface area contributed by atoms with Crippen molar-refractivity contribution in [3.63, 3.8) is 0 Å². The highest BCUT2D eigenvalue weighted by Gasteiger charge is 2.33. The Morgan fingerprint density at radius 3 is 2.47 bits per heavy atom. The smallest absolute Gasteiger partial charge is 0.418 e. The molecule has 0 unspecified atom stereocenters. The molecular formula is C18H15F4N3O5. The highest BCUT2D eigenvalue weighted by atomic mass is 19.4. The van der Waals surface area contributed by atoms with Gasteiger partial charge in [-0.3, -0.25) is 19.7 Å². The number of halogens is 4. The molecule has 0 atom stereocenters. The molecule has 0 bridgehead atoms. The number of para-hydroxylation sites is 1. The average Bonchev–Trinajstić information content (AvgIpc) is 2.66. The molecular weight excluding hydrogens is 414 g/mol. The van der Waals surface area contributed by atoms with Gasteiger partial charge in [0.25, 0.3) is 11.6 Å². The molecule has 0 heterocycles. The summed E-state index contributed by atoms with van der Waals surface area (Å²) in [5.74, 6) is -3.12. The predicted molar refractivity (Wildman–Crippen MR) is 96.3 cm³/mol. The van der Waals surface area contributed by atoms with E-state index in [4.69, 9.17) is 4.74 Å². The number of carbonyl (C=O) groups is 2. The van der Waals surface area contributed by atoms with Gasteiger partial charge in [0.05, 0.1) is 28.8 Å². The van der Waals surface area contributed by atoms with E-state index >= 15 is 0 Å². The standard InChI is InChI=1S/C18H15F4N3O5/c1-24(9-16(26)23-14-5-3-2-4-12(14)18(20,21)22)17(27)10-30-15-7-6-11(25(28)29)8-13(15)19/h2-8H,9-10H2,1H3,(H,23,26). The minimum atomic E-state index is -4.67. The van der Waals surface area contributed by atoms with Crippen LogP contribution in [-0.2, 0) is 15.8 Å². The van der Waals surface area contributed by atoms with Crippen LogP contribution in [-0.4, -0.2) is 41.8 Å². The van der Waals surface area contributed by atoms with Gasteiger partial charge in [0.1, 0.15) is 0 Å². The number of ether oxygens (including phenoxy) is 1. The number of likely N-dealkylation sites (N-methyl/N-ethyl adjacent to an activating group) is 1. The van der Waals surface area contributed by atoms with E-state index in [1.165, 1.54) is 19.2 Å². The fourth-order valence-corrected chi connectivity index (χ4v) is 2.30. The molecule has 8 nitrogen and oxygen atoms in total. The SMILES string of the molecule is CN(CC(=O)Nc1ccccc1C(F)(F)F)C(=O)COc1ccc([N+](=O)[O-])cc1F. The third-order valence-electron chi connectivity index (χ3n) is 3.79. The number of nitro benzene ring substituents is 1. The van der Waals surface area contributed by atoms with Crippen LogP contribution in [0.5, 0.6) is 5.75 Å². The summed E-state index contributed by atoms with van der Waals surface area (Å²) in [4.78, 5) is 34.7. The highest BCUT2D eigenvalue weighted by molar-refractivity contribution is 5.95. The number of hydrogen-bond donors (Lipinski definition) is 1. The Kier molecular flexibility index (Phi) is 6.93. The maximum absolute atomic E-state index is 13.7. The summed E-state index contributed by atoms with van der Waals surface area (Å²) < 4.78 is 57.5. The summed E-state index contributed by atoms with van der Waals surface area (Å²) in [6, 6.07) is 6.93. The highest BCUT2D eigenvalue weighted by Crippen LogP contribution is 2.34. The first-order valence-corrected chi connectivity index (χ1v) is 8.26. The second kappa shape index (κ2) is 9.20. The second-order valence-electron chi connectivity index (χ2n) is 6.00. The summed E-state index contributed by atoms with van der Waals surface area (Å²) in [5.41, 5.74) is -2.00. The lowest BCUT2D eigenvalue weighted by Gasteiger charge is -2.18. The van der Waals surface area contributed by atoms with Crippen LogP contribution < -0.4 is 10.1 Å². The minimum Gasteiger partial charge on any atom is -0.481 e. The van der Waals surface area contributed by atoms with Crippen molar-refractivity contribution in [2.75, 3.05) is 25.5 Å². The summed E-state index contributed by atoms with van der Waals surface area (Å²) in [6.45, 7) is -1.28. The van der Waals surface area contributed by atoms with Crippen molar-refractivity contribution < 1.29 is 36.8 Å². The van der Waals surface area contributed by atoms with Crippen LogP contribution >= 0.6 is 0 Å². The molecule has 0 radical (unpaired) electrons. The van der Waals surface area contributed by atoms with Crippen molar-refractivity contribution in [2.24, 2.45) is 0 Å². The summed E-state index contributed by atoms with van der Waals surface area (Å²) in [5, 5.41) is 12.7. The summed E-state index contributed by atoms with van der Waals surface area (Å²) in [6.07, 6.45) is -4.67. The molecule has 30 heavy (non-hydrogen) atoms. The van der Waals surface area contributed by atoms with Crippen molar-refractivity contribution >= 4 is 23.2 Å². The maximum Gasteiger partial charge on any atom is 0.418 e. The fourth-order valence-electron chi connectivity index (χ4n) is 2.30. The first-order valence-electron chi connectivity index (χ1n) is 8.26. The predicted octanol–water partition coefficient (Wildman–Crippen LogP) is 3.23. The molecule has 0 aliphatic carbocycles. The molecule has 160 valence electrons. The fraction of sp³-hybridized carbons (Fsp3) is 0.222. The Balaban J connectivity index is 1.93. The van der Waals surface area contributed by atoms with Gasteiger partial charge in [0, 0.05) is 13.1 Å². The van der Waals surface area contributed by atoms with Gasteiger partial charge in [0.15, 0.2) is 18.2 Å². The van der Waals surface area contributed by atoms with Crippen LogP contribution in [0, 0.1) is 15.9 Å². The molecule has 0 fully saturated rings. The van der Waals surface area contributed by atoms with Crippen LogP contribution in [0.25, 0.3) is 0 Å². The topological polar surface area (TPSA) is 102 Å². The average molecular weight is 429 g/mol. The van der Waals surface area contributed by atoms with Crippen molar-refractivity contribution in [1.82, 2.24) is 4.90 Å². The minimum absolute atomic E-state index is 0.411. The van der Waals surface area contributed by atoms with Crippen molar-refractivity contribution in [2.45, 2.75) is 6.18 Å². The third kappa shape index (κ3) is 5.90. The Hall–Kier alpha value is -3.70. The number of non-ortho nitro benzene ring substituents is 1. The monoisotopic (exact) mass is 429 g/mol. The number of alkyl halides is 3. The second-order valence-corrected chi connectivity index (χ2v) is 6.00. The van der Waals surface area contributed by atoms with Crippen LogP contribution in [0.1, 0.15) is 5.56 Å². The lowest BCUT2D eigenvalue weighted by molar-refractivity contribution is -0.385. The van der Waals surface area contributed by atoms with Gasteiger partial charge in [-0.25, -0.2) is 4.39 Å². The van der Waals surface area contributed by atoms with E-state index < -0.39 is 64.6 Å². The number of benzene rings is 2. The zero-order valence-corrected chi connectivity index (χ0v) is 15.4. The van der Waals surface area contributed by atoms with Crippen LogP contribution in [0.15, 0.2) is 42.5 Å². The van der Waals surface area contributed by atoms with Crippen LogP contribution in [0.2, 0.25) is 0 Å². The number of nitrogens with zero attached hydrogens (tertiary/aromatic N) is 2. The van der Waals surface area contributed by atoms with E-state index in [9.17, 15) is 37.3 Å². The van der Waals surface area contributed by atoms with E-state index in [-0.39, 0.29) is 0 Å².